The number of ether oxygens (including phenoxy) is 1. The van der Waals surface area contributed by atoms with E-state index >= 15 is 0 Å². The Morgan fingerprint density at radius 2 is 1.95 bits per heavy atom. The van der Waals surface area contributed by atoms with E-state index in [9.17, 15) is 13.2 Å². The van der Waals surface area contributed by atoms with Crippen molar-refractivity contribution in [3.05, 3.63) is 34.9 Å². The fourth-order valence-electron chi connectivity index (χ4n) is 2.02. The van der Waals surface area contributed by atoms with Crippen molar-refractivity contribution in [3.8, 4) is 0 Å². The first-order chi connectivity index (χ1) is 9.35. The molecule has 1 aromatic carbocycles. The summed E-state index contributed by atoms with van der Waals surface area (Å²) in [6.07, 6.45) is -3.36. The SMILES string of the molecule is CCCNC(COCC(F)(F)F)c1cccc(C)c1C. The highest BCUT2D eigenvalue weighted by Gasteiger charge is 2.28. The Labute approximate surface area is 118 Å². The third-order valence-electron chi connectivity index (χ3n) is 3.21. The fraction of sp³-hybridized carbons (Fsp3) is 0.600. The molecule has 114 valence electrons. The Morgan fingerprint density at radius 3 is 2.55 bits per heavy atom. The summed E-state index contributed by atoms with van der Waals surface area (Å²) < 4.78 is 41.3. The van der Waals surface area contributed by atoms with Crippen molar-refractivity contribution in [1.82, 2.24) is 5.32 Å². The van der Waals surface area contributed by atoms with Crippen LogP contribution in [0.3, 0.4) is 0 Å². The fourth-order valence-corrected chi connectivity index (χ4v) is 2.02. The highest BCUT2D eigenvalue weighted by Crippen LogP contribution is 2.22. The van der Waals surface area contributed by atoms with Crippen molar-refractivity contribution in [3.63, 3.8) is 0 Å². The predicted octanol–water partition coefficient (Wildman–Crippen LogP) is 3.92. The van der Waals surface area contributed by atoms with Crippen LogP contribution in [-0.2, 0) is 4.74 Å². The van der Waals surface area contributed by atoms with Crippen molar-refractivity contribution >= 4 is 0 Å². The average Bonchev–Trinajstić information content (AvgIpc) is 2.36. The number of halogens is 3. The second-order valence-corrected chi connectivity index (χ2v) is 4.93. The van der Waals surface area contributed by atoms with Gasteiger partial charge in [0.25, 0.3) is 0 Å². The molecule has 1 aromatic rings. The third kappa shape index (κ3) is 5.51. The van der Waals surface area contributed by atoms with E-state index in [1.807, 2.05) is 39.0 Å². The van der Waals surface area contributed by atoms with Crippen LogP contribution in [0.4, 0.5) is 13.2 Å². The van der Waals surface area contributed by atoms with Crippen molar-refractivity contribution in [2.45, 2.75) is 39.4 Å². The van der Waals surface area contributed by atoms with E-state index in [2.05, 4.69) is 5.32 Å². The molecule has 0 spiro atoms. The lowest BCUT2D eigenvalue weighted by Crippen LogP contribution is -2.29. The summed E-state index contributed by atoms with van der Waals surface area (Å²) in [5.41, 5.74) is 3.22. The smallest absolute Gasteiger partial charge is 0.370 e. The number of rotatable bonds is 7. The van der Waals surface area contributed by atoms with Crippen LogP contribution in [0.5, 0.6) is 0 Å². The summed E-state index contributed by atoms with van der Waals surface area (Å²) >= 11 is 0. The largest absolute Gasteiger partial charge is 0.411 e. The summed E-state index contributed by atoms with van der Waals surface area (Å²) in [5.74, 6) is 0. The molecule has 1 N–H and O–H groups in total. The van der Waals surface area contributed by atoms with E-state index in [0.717, 1.165) is 29.7 Å². The molecule has 0 aliphatic rings. The molecule has 0 saturated carbocycles. The van der Waals surface area contributed by atoms with Gasteiger partial charge in [0.05, 0.1) is 12.6 Å². The summed E-state index contributed by atoms with van der Waals surface area (Å²) in [5, 5.41) is 3.25. The lowest BCUT2D eigenvalue weighted by molar-refractivity contribution is -0.175. The minimum absolute atomic E-state index is 0.0177. The molecule has 20 heavy (non-hydrogen) atoms. The second kappa shape index (κ2) is 7.64. The molecular weight excluding hydrogens is 267 g/mol. The van der Waals surface area contributed by atoms with E-state index < -0.39 is 12.8 Å². The Bertz CT molecular complexity index is 418. The Balaban J connectivity index is 2.75. The van der Waals surface area contributed by atoms with Gasteiger partial charge >= 0.3 is 6.18 Å². The maximum Gasteiger partial charge on any atom is 0.411 e. The summed E-state index contributed by atoms with van der Waals surface area (Å²) in [4.78, 5) is 0. The van der Waals surface area contributed by atoms with Crippen molar-refractivity contribution < 1.29 is 17.9 Å². The molecule has 0 fully saturated rings. The molecule has 1 unspecified atom stereocenters. The van der Waals surface area contributed by atoms with Crippen LogP contribution in [0.1, 0.15) is 36.1 Å². The zero-order chi connectivity index (χ0) is 15.2. The van der Waals surface area contributed by atoms with Crippen LogP contribution in [-0.4, -0.2) is 25.9 Å². The normalized spacial score (nSPS) is 13.5. The number of hydrogen-bond acceptors (Lipinski definition) is 2. The van der Waals surface area contributed by atoms with Gasteiger partial charge in [0, 0.05) is 0 Å². The highest BCUT2D eigenvalue weighted by molar-refractivity contribution is 5.35. The quantitative estimate of drug-likeness (QED) is 0.821. The van der Waals surface area contributed by atoms with Crippen molar-refractivity contribution in [1.29, 1.82) is 0 Å². The monoisotopic (exact) mass is 289 g/mol. The molecule has 0 aromatic heterocycles. The molecule has 1 atom stereocenters. The van der Waals surface area contributed by atoms with Gasteiger partial charge in [-0.1, -0.05) is 25.1 Å². The van der Waals surface area contributed by atoms with Gasteiger partial charge < -0.3 is 10.1 Å². The van der Waals surface area contributed by atoms with Gasteiger partial charge in [-0.15, -0.1) is 0 Å². The lowest BCUT2D eigenvalue weighted by atomic mass is 9.98. The summed E-state index contributed by atoms with van der Waals surface area (Å²) in [6, 6.07) is 5.64. The molecule has 0 heterocycles. The van der Waals surface area contributed by atoms with E-state index in [0.29, 0.717) is 0 Å². The number of alkyl halides is 3. The van der Waals surface area contributed by atoms with Crippen LogP contribution in [0, 0.1) is 13.8 Å². The maximum absolute atomic E-state index is 12.2. The molecule has 0 aliphatic heterocycles. The first kappa shape index (κ1) is 17.0. The Morgan fingerprint density at radius 1 is 1.25 bits per heavy atom. The lowest BCUT2D eigenvalue weighted by Gasteiger charge is -2.22. The van der Waals surface area contributed by atoms with Gasteiger partial charge in [0.15, 0.2) is 0 Å². The van der Waals surface area contributed by atoms with Crippen LogP contribution in [0.15, 0.2) is 18.2 Å². The molecule has 0 radical (unpaired) electrons. The van der Waals surface area contributed by atoms with Crippen molar-refractivity contribution in [2.75, 3.05) is 19.8 Å². The highest BCUT2D eigenvalue weighted by atomic mass is 19.4. The van der Waals surface area contributed by atoms with E-state index in [4.69, 9.17) is 4.74 Å². The molecular formula is C15H22F3NO. The molecule has 0 amide bonds. The summed E-state index contributed by atoms with van der Waals surface area (Å²) in [6.45, 7) is 5.55. The Hall–Kier alpha value is -1.07. The molecule has 5 heteroatoms. The van der Waals surface area contributed by atoms with Crippen LogP contribution < -0.4 is 5.32 Å². The number of benzene rings is 1. The molecule has 1 rings (SSSR count). The van der Waals surface area contributed by atoms with Gasteiger partial charge in [0.1, 0.15) is 6.61 Å². The number of nitrogens with one attached hydrogen (secondary N) is 1. The first-order valence-electron chi connectivity index (χ1n) is 6.79. The molecule has 0 bridgehead atoms. The van der Waals surface area contributed by atoms with Crippen molar-refractivity contribution in [2.24, 2.45) is 0 Å². The zero-order valence-electron chi connectivity index (χ0n) is 12.2. The molecule has 0 aliphatic carbocycles. The zero-order valence-corrected chi connectivity index (χ0v) is 12.2. The first-order valence-corrected chi connectivity index (χ1v) is 6.79. The van der Waals surface area contributed by atoms with Crippen LogP contribution in [0.25, 0.3) is 0 Å². The third-order valence-corrected chi connectivity index (χ3v) is 3.21. The van der Waals surface area contributed by atoms with E-state index in [-0.39, 0.29) is 12.6 Å². The van der Waals surface area contributed by atoms with Crippen LogP contribution >= 0.6 is 0 Å². The molecule has 2 nitrogen and oxygen atoms in total. The molecule has 0 saturated heterocycles. The van der Waals surface area contributed by atoms with Gasteiger partial charge in [-0.25, -0.2) is 0 Å². The maximum atomic E-state index is 12.2. The minimum Gasteiger partial charge on any atom is -0.370 e. The number of aryl methyl sites for hydroxylation is 1. The van der Waals surface area contributed by atoms with E-state index in [1.54, 1.807) is 0 Å². The Kier molecular flexibility index (Phi) is 6.49. The predicted molar refractivity (Wildman–Crippen MR) is 73.8 cm³/mol. The van der Waals surface area contributed by atoms with E-state index in [1.165, 1.54) is 0 Å². The standard InChI is InChI=1S/C15H22F3NO/c1-4-8-19-14(9-20-10-15(16,17)18)13-7-5-6-11(2)12(13)3/h5-7,14,19H,4,8-10H2,1-3H3. The number of hydrogen-bond donors (Lipinski definition) is 1. The minimum atomic E-state index is -4.28. The van der Waals surface area contributed by atoms with Crippen LogP contribution in [0.2, 0.25) is 0 Å². The average molecular weight is 289 g/mol. The van der Waals surface area contributed by atoms with Gasteiger partial charge in [0.2, 0.25) is 0 Å². The van der Waals surface area contributed by atoms with Gasteiger partial charge in [-0.2, -0.15) is 13.2 Å². The summed E-state index contributed by atoms with van der Waals surface area (Å²) in [7, 11) is 0. The second-order valence-electron chi connectivity index (χ2n) is 4.93. The van der Waals surface area contributed by atoms with Gasteiger partial charge in [-0.05, 0) is 43.5 Å². The van der Waals surface area contributed by atoms with Gasteiger partial charge in [-0.3, -0.25) is 0 Å². The topological polar surface area (TPSA) is 21.3 Å².